The number of hydrogen-bond acceptors (Lipinski definition) is 2. The largest absolute Gasteiger partial charge is 0.359 e. The molecule has 1 aliphatic heterocycles. The van der Waals surface area contributed by atoms with E-state index < -0.39 is 44.1 Å². The van der Waals surface area contributed by atoms with Crippen LogP contribution in [0.1, 0.15) is 30.3 Å². The first kappa shape index (κ1) is 13.4. The predicted molar refractivity (Wildman–Crippen MR) is 102 cm³/mol. The molecule has 1 heterocycles. The molecule has 132 valence electrons. The minimum atomic E-state index is -4.43. The summed E-state index contributed by atoms with van der Waals surface area (Å²) in [4.78, 5) is 1.18. The van der Waals surface area contributed by atoms with E-state index in [1.54, 1.807) is 0 Å². The molecule has 0 N–H and O–H groups in total. The van der Waals surface area contributed by atoms with Crippen LogP contribution in [0.5, 0.6) is 0 Å². The smallest absolute Gasteiger partial charge is 0.283 e. The Hall–Kier alpha value is -1.85. The molecule has 1 fully saturated rings. The molecule has 3 rings (SSSR count). The molecule has 0 amide bonds. The summed E-state index contributed by atoms with van der Waals surface area (Å²) >= 11 is 5.77. The molecule has 25 heavy (non-hydrogen) atoms. The lowest BCUT2D eigenvalue weighted by Crippen LogP contribution is -2.37. The molecule has 0 aromatic heterocycles. The number of nitrogens with zero attached hydrogens (tertiary/aromatic N) is 2. The van der Waals surface area contributed by atoms with Gasteiger partial charge in [-0.05, 0) is 49.0 Å². The van der Waals surface area contributed by atoms with E-state index in [1.165, 1.54) is 0 Å². The van der Waals surface area contributed by atoms with E-state index in [1.807, 2.05) is 35.2 Å². The first-order chi connectivity index (χ1) is 13.7. The molecule has 0 radical (unpaired) electrons. The molecular formula is C19H21ClN2O2S. The number of sulfonamides is 1. The summed E-state index contributed by atoms with van der Waals surface area (Å²) in [7, 11) is -4.43. The van der Waals surface area contributed by atoms with Gasteiger partial charge in [-0.3, -0.25) is 0 Å². The summed E-state index contributed by atoms with van der Waals surface area (Å²) in [5.41, 5.74) is 1.14. The van der Waals surface area contributed by atoms with Crippen LogP contribution in [0.3, 0.4) is 0 Å². The predicted octanol–water partition coefficient (Wildman–Crippen LogP) is 4.16. The third-order valence-electron chi connectivity index (χ3n) is 4.01. The molecule has 4 nitrogen and oxygen atoms in total. The van der Waals surface area contributed by atoms with Gasteiger partial charge in [0.05, 0.1) is 10.4 Å². The molecule has 0 bridgehead atoms. The minimum absolute atomic E-state index is 0.388. The van der Waals surface area contributed by atoms with Crippen LogP contribution in [-0.4, -0.2) is 32.2 Å². The van der Waals surface area contributed by atoms with Crippen LogP contribution in [-0.2, 0) is 16.4 Å². The van der Waals surface area contributed by atoms with Crippen molar-refractivity contribution in [3.05, 3.63) is 65.1 Å². The normalized spacial score (nSPS) is 19.2. The number of benzene rings is 2. The Labute approximate surface area is 159 Å². The van der Waals surface area contributed by atoms with Crippen LogP contribution in [0, 0.1) is 0 Å². The Bertz CT molecular complexity index is 1020. The van der Waals surface area contributed by atoms with Gasteiger partial charge in [0.25, 0.3) is 10.0 Å². The Balaban J connectivity index is 1.94. The highest BCUT2D eigenvalue weighted by Gasteiger charge is 2.21. The summed E-state index contributed by atoms with van der Waals surface area (Å²) in [6.45, 7) is 1.28. The van der Waals surface area contributed by atoms with Crippen LogP contribution < -0.4 is 0 Å². The number of piperidine rings is 1. The zero-order valence-corrected chi connectivity index (χ0v) is 15.2. The van der Waals surface area contributed by atoms with E-state index in [-0.39, 0.29) is 0 Å². The standard InChI is InChI=1S/C19H21ClN2O2S/c20-17-9-11-18(12-10-17)25(23,24)21-19-8-4-5-14-22(19)15-13-16-6-2-1-3-7-16/h1-3,6-7,9-12H,4-5,8,13-15H2/i9D,10D,11D,12D. The number of likely N-dealkylation sites (tertiary alicyclic amines) is 1. The molecule has 2 aromatic carbocycles. The van der Waals surface area contributed by atoms with Gasteiger partial charge in [0.2, 0.25) is 0 Å². The molecule has 0 unspecified atom stereocenters. The Morgan fingerprint density at radius 1 is 1.12 bits per heavy atom. The molecule has 6 heteroatoms. The highest BCUT2D eigenvalue weighted by molar-refractivity contribution is 7.90. The molecule has 0 atom stereocenters. The topological polar surface area (TPSA) is 49.7 Å². The average Bonchev–Trinajstić information content (AvgIpc) is 2.70. The van der Waals surface area contributed by atoms with Gasteiger partial charge in [0.15, 0.2) is 0 Å². The second-order valence-electron chi connectivity index (χ2n) is 5.81. The van der Waals surface area contributed by atoms with Gasteiger partial charge in [-0.1, -0.05) is 41.9 Å². The first-order valence-electron chi connectivity index (χ1n) is 10.1. The van der Waals surface area contributed by atoms with Gasteiger partial charge in [-0.15, -0.1) is 4.40 Å². The van der Waals surface area contributed by atoms with Gasteiger partial charge in [-0.25, -0.2) is 0 Å². The highest BCUT2D eigenvalue weighted by atomic mass is 35.5. The maximum atomic E-state index is 12.9. The fraction of sp³-hybridized carbons (Fsp3) is 0.316. The fourth-order valence-electron chi connectivity index (χ4n) is 2.73. The quantitative estimate of drug-likeness (QED) is 0.782. The molecule has 1 aliphatic rings. The summed E-state index contributed by atoms with van der Waals surface area (Å²) < 4.78 is 61.2. The Morgan fingerprint density at radius 2 is 1.84 bits per heavy atom. The van der Waals surface area contributed by atoms with Crippen molar-refractivity contribution in [2.75, 3.05) is 13.1 Å². The number of hydrogen-bond donors (Lipinski definition) is 0. The lowest BCUT2D eigenvalue weighted by molar-refractivity contribution is 0.374. The maximum absolute atomic E-state index is 12.9. The van der Waals surface area contributed by atoms with Crippen molar-refractivity contribution >= 4 is 27.5 Å². The molecule has 1 saturated heterocycles. The van der Waals surface area contributed by atoms with E-state index in [4.69, 9.17) is 17.1 Å². The van der Waals surface area contributed by atoms with Crippen LogP contribution in [0.2, 0.25) is 5.02 Å². The molecule has 0 spiro atoms. The van der Waals surface area contributed by atoms with Gasteiger partial charge < -0.3 is 4.90 Å². The van der Waals surface area contributed by atoms with Crippen molar-refractivity contribution in [2.24, 2.45) is 4.40 Å². The molecule has 2 aromatic rings. The van der Waals surface area contributed by atoms with E-state index >= 15 is 0 Å². The zero-order chi connectivity index (χ0) is 21.2. The fourth-order valence-corrected chi connectivity index (χ4v) is 3.76. The lowest BCUT2D eigenvalue weighted by Gasteiger charge is -2.30. The third kappa shape index (κ3) is 4.83. The zero-order valence-electron chi connectivity index (χ0n) is 17.6. The van der Waals surface area contributed by atoms with Gasteiger partial charge in [0, 0.05) is 24.5 Å². The summed E-state index contributed by atoms with van der Waals surface area (Å²) in [6, 6.07) is 7.28. The molecule has 0 aliphatic carbocycles. The van der Waals surface area contributed by atoms with Crippen LogP contribution in [0.4, 0.5) is 0 Å². The average molecular weight is 381 g/mol. The maximum Gasteiger partial charge on any atom is 0.283 e. The van der Waals surface area contributed by atoms with E-state index in [0.29, 0.717) is 25.3 Å². The van der Waals surface area contributed by atoms with Gasteiger partial charge >= 0.3 is 0 Å². The summed E-state index contributed by atoms with van der Waals surface area (Å²) in [5.74, 6) is 0.388. The molecular weight excluding hydrogens is 356 g/mol. The van der Waals surface area contributed by atoms with Crippen molar-refractivity contribution in [2.45, 2.75) is 30.6 Å². The number of halogens is 1. The van der Waals surface area contributed by atoms with Crippen molar-refractivity contribution in [3.63, 3.8) is 0 Å². The third-order valence-corrected chi connectivity index (χ3v) is 5.37. The van der Waals surface area contributed by atoms with E-state index in [0.717, 1.165) is 24.8 Å². The lowest BCUT2D eigenvalue weighted by atomic mass is 10.1. The Kier molecular flexibility index (Phi) is 4.29. The van der Waals surface area contributed by atoms with Crippen molar-refractivity contribution in [1.29, 1.82) is 0 Å². The van der Waals surface area contributed by atoms with Gasteiger partial charge in [0.1, 0.15) is 5.84 Å². The molecule has 0 saturated carbocycles. The minimum Gasteiger partial charge on any atom is -0.359 e. The first-order valence-corrected chi connectivity index (χ1v) is 9.92. The number of amidine groups is 1. The van der Waals surface area contributed by atoms with Gasteiger partial charge in [-0.2, -0.15) is 8.42 Å². The van der Waals surface area contributed by atoms with E-state index in [2.05, 4.69) is 4.40 Å². The van der Waals surface area contributed by atoms with Crippen LogP contribution >= 0.6 is 11.6 Å². The van der Waals surface area contributed by atoms with Crippen LogP contribution in [0.15, 0.2) is 63.8 Å². The highest BCUT2D eigenvalue weighted by Crippen LogP contribution is 2.20. The second-order valence-corrected chi connectivity index (χ2v) is 7.72. The van der Waals surface area contributed by atoms with Crippen LogP contribution in [0.25, 0.3) is 0 Å². The second kappa shape index (κ2) is 8.02. The summed E-state index contributed by atoms with van der Waals surface area (Å²) in [5, 5.41) is -0.409. The monoisotopic (exact) mass is 380 g/mol. The van der Waals surface area contributed by atoms with Crippen molar-refractivity contribution in [1.82, 2.24) is 4.90 Å². The Morgan fingerprint density at radius 3 is 2.56 bits per heavy atom. The number of rotatable bonds is 5. The van der Waals surface area contributed by atoms with E-state index in [9.17, 15) is 8.42 Å². The SMILES string of the molecule is [2H]c1c([2H])c(S(=O)(=O)N=C2CCCCN2CCc2ccccc2)c([2H])c([2H])c1Cl. The van der Waals surface area contributed by atoms with Crippen molar-refractivity contribution in [3.8, 4) is 0 Å². The summed E-state index contributed by atoms with van der Waals surface area (Å²) in [6.07, 6.45) is 2.94. The van der Waals surface area contributed by atoms with Crippen molar-refractivity contribution < 1.29 is 13.9 Å².